The van der Waals surface area contributed by atoms with Crippen LogP contribution in [0.15, 0.2) is 60.3 Å². The summed E-state index contributed by atoms with van der Waals surface area (Å²) in [5, 5.41) is 15.2. The lowest BCUT2D eigenvalue weighted by atomic mass is 10.0. The molecule has 7 nitrogen and oxygen atoms in total. The molecule has 3 rings (SSSR count). The predicted octanol–water partition coefficient (Wildman–Crippen LogP) is 5.72. The highest BCUT2D eigenvalue weighted by Crippen LogP contribution is 2.27. The van der Waals surface area contributed by atoms with Crippen LogP contribution in [0.5, 0.6) is 0 Å². The monoisotopic (exact) mass is 603 g/mol. The second-order valence-corrected chi connectivity index (χ2v) is 10.7. The molecule has 184 valence electrons. The number of amides is 2. The summed E-state index contributed by atoms with van der Waals surface area (Å²) in [4.78, 5) is 25.4. The summed E-state index contributed by atoms with van der Waals surface area (Å²) in [5.74, 6) is 0.786. The molecule has 2 aromatic carbocycles. The SMILES string of the molecule is C=CCn1c(SCC(=O)Nc2ccc(I)cc2C(C)C)nnc1[C@@H](C)NC(=O)c1cccc(C)c1. The van der Waals surface area contributed by atoms with Crippen molar-refractivity contribution in [3.05, 3.63) is 81.2 Å². The van der Waals surface area contributed by atoms with E-state index < -0.39 is 0 Å². The number of benzene rings is 2. The molecule has 35 heavy (non-hydrogen) atoms. The van der Waals surface area contributed by atoms with Crippen molar-refractivity contribution in [1.82, 2.24) is 20.1 Å². The first kappa shape index (κ1) is 26.9. The van der Waals surface area contributed by atoms with Crippen LogP contribution in [-0.4, -0.2) is 32.3 Å². The minimum atomic E-state index is -0.376. The molecule has 0 bridgehead atoms. The van der Waals surface area contributed by atoms with Gasteiger partial charge in [0.25, 0.3) is 5.91 Å². The normalized spacial score (nSPS) is 11.8. The molecule has 0 saturated carbocycles. The van der Waals surface area contributed by atoms with E-state index in [1.165, 1.54) is 11.8 Å². The third kappa shape index (κ3) is 7.17. The number of hydrogen-bond acceptors (Lipinski definition) is 5. The Hall–Kier alpha value is -2.66. The van der Waals surface area contributed by atoms with Gasteiger partial charge in [0.15, 0.2) is 11.0 Å². The lowest BCUT2D eigenvalue weighted by Crippen LogP contribution is -2.29. The summed E-state index contributed by atoms with van der Waals surface area (Å²) >= 11 is 3.58. The van der Waals surface area contributed by atoms with Gasteiger partial charge in [0.2, 0.25) is 5.91 Å². The zero-order valence-electron chi connectivity index (χ0n) is 20.3. The van der Waals surface area contributed by atoms with Gasteiger partial charge in [-0.05, 0) is 78.3 Å². The smallest absolute Gasteiger partial charge is 0.251 e. The summed E-state index contributed by atoms with van der Waals surface area (Å²) in [7, 11) is 0. The minimum absolute atomic E-state index is 0.117. The third-order valence-corrected chi connectivity index (χ3v) is 6.95. The fourth-order valence-corrected chi connectivity index (χ4v) is 4.87. The molecule has 3 aromatic rings. The number of halogens is 1. The number of carbonyl (C=O) groups is 2. The van der Waals surface area contributed by atoms with Crippen LogP contribution >= 0.6 is 34.4 Å². The molecular weight excluding hydrogens is 573 g/mol. The Balaban J connectivity index is 1.69. The molecule has 2 N–H and O–H groups in total. The number of nitrogens with one attached hydrogen (secondary N) is 2. The molecule has 0 unspecified atom stereocenters. The molecule has 0 aliphatic heterocycles. The molecule has 0 spiro atoms. The third-order valence-electron chi connectivity index (χ3n) is 5.31. The van der Waals surface area contributed by atoms with Gasteiger partial charge in [0.1, 0.15) is 0 Å². The maximum Gasteiger partial charge on any atom is 0.251 e. The maximum absolute atomic E-state index is 12.7. The molecule has 0 aliphatic rings. The lowest BCUT2D eigenvalue weighted by molar-refractivity contribution is -0.113. The Bertz CT molecular complexity index is 1220. The van der Waals surface area contributed by atoms with Crippen molar-refractivity contribution in [2.45, 2.75) is 51.4 Å². The highest BCUT2D eigenvalue weighted by Gasteiger charge is 2.21. The Labute approximate surface area is 224 Å². The van der Waals surface area contributed by atoms with E-state index in [2.05, 4.69) is 69.9 Å². The number of carbonyl (C=O) groups excluding carboxylic acids is 2. The van der Waals surface area contributed by atoms with E-state index in [9.17, 15) is 9.59 Å². The highest BCUT2D eigenvalue weighted by atomic mass is 127. The van der Waals surface area contributed by atoms with Crippen LogP contribution in [-0.2, 0) is 11.3 Å². The average molecular weight is 604 g/mol. The van der Waals surface area contributed by atoms with Gasteiger partial charge in [-0.3, -0.25) is 9.59 Å². The lowest BCUT2D eigenvalue weighted by Gasteiger charge is -2.16. The summed E-state index contributed by atoms with van der Waals surface area (Å²) < 4.78 is 3.00. The average Bonchev–Trinajstić information content (AvgIpc) is 3.21. The van der Waals surface area contributed by atoms with Gasteiger partial charge in [-0.1, -0.05) is 49.4 Å². The van der Waals surface area contributed by atoms with Gasteiger partial charge >= 0.3 is 0 Å². The summed E-state index contributed by atoms with van der Waals surface area (Å²) in [6.07, 6.45) is 1.74. The topological polar surface area (TPSA) is 88.9 Å². The van der Waals surface area contributed by atoms with E-state index in [-0.39, 0.29) is 23.6 Å². The van der Waals surface area contributed by atoms with Crippen LogP contribution in [0, 0.1) is 10.5 Å². The molecule has 0 radical (unpaired) electrons. The Kier molecular flexibility index (Phi) is 9.50. The van der Waals surface area contributed by atoms with Crippen LogP contribution < -0.4 is 10.6 Å². The molecule has 2 amide bonds. The number of thioether (sulfide) groups is 1. The van der Waals surface area contributed by atoms with Crippen LogP contribution in [0.3, 0.4) is 0 Å². The van der Waals surface area contributed by atoms with E-state index in [4.69, 9.17) is 0 Å². The molecule has 0 saturated heterocycles. The standard InChI is InChI=1S/C26H30IN5O2S/c1-6-12-32-24(18(5)28-25(34)19-9-7-8-17(4)13-19)30-31-26(32)35-15-23(33)29-22-11-10-20(27)14-21(22)16(2)3/h6-11,13-14,16,18H,1,12,15H2,2-5H3,(H,28,34)(H,29,33)/t18-/m1/s1. The Morgan fingerprint density at radius 3 is 2.63 bits per heavy atom. The second-order valence-electron chi connectivity index (χ2n) is 8.53. The van der Waals surface area contributed by atoms with E-state index >= 15 is 0 Å². The van der Waals surface area contributed by atoms with Crippen molar-refractivity contribution < 1.29 is 9.59 Å². The number of nitrogens with zero attached hydrogens (tertiary/aromatic N) is 3. The van der Waals surface area contributed by atoms with Crippen molar-refractivity contribution in [1.29, 1.82) is 0 Å². The van der Waals surface area contributed by atoms with Crippen LogP contribution in [0.2, 0.25) is 0 Å². The number of allylic oxidation sites excluding steroid dienone is 1. The van der Waals surface area contributed by atoms with Gasteiger partial charge < -0.3 is 15.2 Å². The first-order valence-electron chi connectivity index (χ1n) is 11.3. The number of aromatic nitrogens is 3. The fraction of sp³-hybridized carbons (Fsp3) is 0.308. The quantitative estimate of drug-likeness (QED) is 0.176. The van der Waals surface area contributed by atoms with Gasteiger partial charge in [0.05, 0.1) is 11.8 Å². The molecule has 1 heterocycles. The number of aryl methyl sites for hydroxylation is 1. The zero-order valence-corrected chi connectivity index (χ0v) is 23.3. The molecule has 9 heteroatoms. The van der Waals surface area contributed by atoms with Crippen molar-refractivity contribution in [2.24, 2.45) is 0 Å². The molecule has 1 aromatic heterocycles. The Morgan fingerprint density at radius 1 is 1.17 bits per heavy atom. The van der Waals surface area contributed by atoms with Crippen molar-refractivity contribution >= 4 is 51.9 Å². The second kappa shape index (κ2) is 12.3. The zero-order chi connectivity index (χ0) is 25.5. The van der Waals surface area contributed by atoms with Gasteiger partial charge in [0, 0.05) is 21.4 Å². The summed E-state index contributed by atoms with van der Waals surface area (Å²) in [6, 6.07) is 13.1. The van der Waals surface area contributed by atoms with Crippen molar-refractivity contribution in [3.63, 3.8) is 0 Å². The number of anilines is 1. The number of hydrogen-bond donors (Lipinski definition) is 2. The van der Waals surface area contributed by atoms with Crippen molar-refractivity contribution in [2.75, 3.05) is 11.1 Å². The first-order chi connectivity index (χ1) is 16.7. The van der Waals surface area contributed by atoms with E-state index in [0.717, 1.165) is 20.4 Å². The van der Waals surface area contributed by atoms with Crippen LogP contribution in [0.25, 0.3) is 0 Å². The molecular formula is C26H30IN5O2S. The molecule has 0 fully saturated rings. The van der Waals surface area contributed by atoms with E-state index in [0.29, 0.717) is 29.0 Å². The maximum atomic E-state index is 12.7. The van der Waals surface area contributed by atoms with Gasteiger partial charge in [-0.2, -0.15) is 0 Å². The molecule has 1 atom stereocenters. The van der Waals surface area contributed by atoms with Crippen LogP contribution in [0.4, 0.5) is 5.69 Å². The first-order valence-corrected chi connectivity index (χ1v) is 13.4. The largest absolute Gasteiger partial charge is 0.342 e. The summed E-state index contributed by atoms with van der Waals surface area (Å²) in [6.45, 7) is 12.3. The Morgan fingerprint density at radius 2 is 1.94 bits per heavy atom. The van der Waals surface area contributed by atoms with E-state index in [1.54, 1.807) is 12.1 Å². The predicted molar refractivity (Wildman–Crippen MR) is 150 cm³/mol. The molecule has 0 aliphatic carbocycles. The minimum Gasteiger partial charge on any atom is -0.342 e. The van der Waals surface area contributed by atoms with Gasteiger partial charge in [-0.15, -0.1) is 16.8 Å². The fourth-order valence-electron chi connectivity index (χ4n) is 3.60. The number of rotatable bonds is 10. The van der Waals surface area contributed by atoms with Gasteiger partial charge in [-0.25, -0.2) is 0 Å². The highest BCUT2D eigenvalue weighted by molar-refractivity contribution is 14.1. The van der Waals surface area contributed by atoms with E-state index in [1.807, 2.05) is 48.7 Å². The van der Waals surface area contributed by atoms with Crippen LogP contribution in [0.1, 0.15) is 60.0 Å². The summed E-state index contributed by atoms with van der Waals surface area (Å²) in [5.41, 5.74) is 3.54. The van der Waals surface area contributed by atoms with Crippen molar-refractivity contribution in [3.8, 4) is 0 Å².